The second kappa shape index (κ2) is 2.37. The van der Waals surface area contributed by atoms with Crippen LogP contribution in [0, 0.1) is 12.3 Å². The minimum atomic E-state index is 0.708. The number of allylic oxidation sites excluding steroid dienone is 6. The molecule has 1 radical (unpaired) electrons. The van der Waals surface area contributed by atoms with E-state index in [2.05, 4.69) is 38.5 Å². The van der Waals surface area contributed by atoms with Gasteiger partial charge in [0.15, 0.2) is 0 Å². The molecule has 0 amide bonds. The highest BCUT2D eigenvalue weighted by Gasteiger charge is 2.22. The number of hydrogen-bond acceptors (Lipinski definition) is 0. The lowest BCUT2D eigenvalue weighted by Crippen LogP contribution is -2.06. The standard InChI is InChI=1S/C11H13/c1-8-6-7-9(2)11-5-3-4-10(8)11/h3-4,6-7,11H,5H2,1-2H3. The van der Waals surface area contributed by atoms with Crippen LogP contribution in [0.1, 0.15) is 20.3 Å². The Balaban J connectivity index is 2.39. The second-order valence-electron chi connectivity index (χ2n) is 3.41. The maximum Gasteiger partial charge on any atom is 0.00833 e. The Morgan fingerprint density at radius 2 is 2.18 bits per heavy atom. The summed E-state index contributed by atoms with van der Waals surface area (Å²) in [5, 5.41) is 0. The van der Waals surface area contributed by atoms with Crippen LogP contribution < -0.4 is 0 Å². The van der Waals surface area contributed by atoms with Crippen molar-refractivity contribution in [2.45, 2.75) is 20.3 Å². The van der Waals surface area contributed by atoms with Crippen molar-refractivity contribution in [3.05, 3.63) is 41.4 Å². The topological polar surface area (TPSA) is 0 Å². The van der Waals surface area contributed by atoms with Crippen molar-refractivity contribution in [2.24, 2.45) is 5.92 Å². The monoisotopic (exact) mass is 145 g/mol. The van der Waals surface area contributed by atoms with Crippen LogP contribution in [0.3, 0.4) is 0 Å². The first kappa shape index (κ1) is 6.90. The number of fused-ring (bicyclic) bond motifs is 1. The molecule has 0 aromatic carbocycles. The highest BCUT2D eigenvalue weighted by Crippen LogP contribution is 2.37. The van der Waals surface area contributed by atoms with E-state index in [0.29, 0.717) is 5.92 Å². The van der Waals surface area contributed by atoms with Gasteiger partial charge >= 0.3 is 0 Å². The lowest BCUT2D eigenvalue weighted by Gasteiger charge is -2.20. The largest absolute Gasteiger partial charge is 0.0833 e. The second-order valence-corrected chi connectivity index (χ2v) is 3.41. The van der Waals surface area contributed by atoms with Crippen molar-refractivity contribution < 1.29 is 0 Å². The Morgan fingerprint density at radius 3 is 2.91 bits per heavy atom. The first-order valence-electron chi connectivity index (χ1n) is 4.18. The van der Waals surface area contributed by atoms with E-state index in [0.717, 1.165) is 0 Å². The van der Waals surface area contributed by atoms with Crippen LogP contribution in [-0.2, 0) is 0 Å². The molecule has 0 aromatic rings. The van der Waals surface area contributed by atoms with Crippen molar-refractivity contribution in [1.29, 1.82) is 0 Å². The van der Waals surface area contributed by atoms with Gasteiger partial charge in [0.25, 0.3) is 0 Å². The maximum absolute atomic E-state index is 2.28. The molecule has 0 aromatic heterocycles. The molecular formula is C11H13. The normalized spacial score (nSPS) is 28.9. The van der Waals surface area contributed by atoms with E-state index in [4.69, 9.17) is 0 Å². The Hall–Kier alpha value is -0.780. The van der Waals surface area contributed by atoms with E-state index in [1.54, 1.807) is 0 Å². The molecule has 2 rings (SSSR count). The number of rotatable bonds is 0. The summed E-state index contributed by atoms with van der Waals surface area (Å²) in [5.41, 5.74) is 4.48. The fourth-order valence-corrected chi connectivity index (χ4v) is 1.88. The predicted molar refractivity (Wildman–Crippen MR) is 48.0 cm³/mol. The van der Waals surface area contributed by atoms with Gasteiger partial charge in [-0.2, -0.15) is 0 Å². The minimum Gasteiger partial charge on any atom is -0.0833 e. The Morgan fingerprint density at radius 1 is 1.36 bits per heavy atom. The van der Waals surface area contributed by atoms with Crippen molar-refractivity contribution in [2.75, 3.05) is 0 Å². The molecule has 0 nitrogen and oxygen atoms in total. The molecule has 11 heavy (non-hydrogen) atoms. The third-order valence-corrected chi connectivity index (χ3v) is 2.65. The van der Waals surface area contributed by atoms with E-state index in [1.165, 1.54) is 23.1 Å². The van der Waals surface area contributed by atoms with Gasteiger partial charge in [-0.1, -0.05) is 29.4 Å². The zero-order valence-electron chi connectivity index (χ0n) is 7.09. The van der Waals surface area contributed by atoms with Gasteiger partial charge in [-0.05, 0) is 25.8 Å². The summed E-state index contributed by atoms with van der Waals surface area (Å²) in [6.45, 7) is 4.42. The van der Waals surface area contributed by atoms with Gasteiger partial charge in [0, 0.05) is 12.3 Å². The summed E-state index contributed by atoms with van der Waals surface area (Å²) >= 11 is 0. The van der Waals surface area contributed by atoms with Crippen LogP contribution in [0.2, 0.25) is 0 Å². The highest BCUT2D eigenvalue weighted by atomic mass is 14.3. The van der Waals surface area contributed by atoms with E-state index in [9.17, 15) is 0 Å². The lowest BCUT2D eigenvalue weighted by atomic mass is 9.85. The van der Waals surface area contributed by atoms with Gasteiger partial charge in [-0.15, -0.1) is 0 Å². The van der Waals surface area contributed by atoms with E-state index in [-0.39, 0.29) is 0 Å². The third kappa shape index (κ3) is 0.973. The molecule has 0 heterocycles. The van der Waals surface area contributed by atoms with Crippen LogP contribution in [0.25, 0.3) is 0 Å². The molecule has 2 aliphatic rings. The summed E-state index contributed by atoms with van der Waals surface area (Å²) in [6, 6.07) is 0. The quantitative estimate of drug-likeness (QED) is 0.491. The average molecular weight is 145 g/mol. The first-order valence-corrected chi connectivity index (χ1v) is 4.18. The van der Waals surface area contributed by atoms with Crippen LogP contribution in [-0.4, -0.2) is 0 Å². The molecule has 0 saturated carbocycles. The van der Waals surface area contributed by atoms with Gasteiger partial charge in [-0.25, -0.2) is 0 Å². The van der Waals surface area contributed by atoms with E-state index in [1.807, 2.05) is 0 Å². The maximum atomic E-state index is 2.28. The summed E-state index contributed by atoms with van der Waals surface area (Å²) in [7, 11) is 0. The summed E-state index contributed by atoms with van der Waals surface area (Å²) in [5.74, 6) is 0.708. The lowest BCUT2D eigenvalue weighted by molar-refractivity contribution is 0.754. The molecule has 0 heteroatoms. The molecule has 0 N–H and O–H groups in total. The van der Waals surface area contributed by atoms with Gasteiger partial charge in [-0.3, -0.25) is 0 Å². The Bertz CT molecular complexity index is 264. The number of hydrogen-bond donors (Lipinski definition) is 0. The molecule has 57 valence electrons. The Labute approximate surface area is 68.3 Å². The fourth-order valence-electron chi connectivity index (χ4n) is 1.88. The van der Waals surface area contributed by atoms with Crippen LogP contribution in [0.4, 0.5) is 0 Å². The van der Waals surface area contributed by atoms with Gasteiger partial charge < -0.3 is 0 Å². The van der Waals surface area contributed by atoms with Crippen LogP contribution in [0.5, 0.6) is 0 Å². The molecule has 0 fully saturated rings. The molecule has 0 saturated heterocycles. The summed E-state index contributed by atoms with van der Waals surface area (Å²) < 4.78 is 0. The molecular weight excluding hydrogens is 132 g/mol. The van der Waals surface area contributed by atoms with Crippen LogP contribution in [0.15, 0.2) is 34.9 Å². The van der Waals surface area contributed by atoms with Crippen LogP contribution >= 0.6 is 0 Å². The van der Waals surface area contributed by atoms with E-state index < -0.39 is 0 Å². The summed E-state index contributed by atoms with van der Waals surface area (Å²) in [4.78, 5) is 0. The predicted octanol–water partition coefficient (Wildman–Crippen LogP) is 3.04. The zero-order chi connectivity index (χ0) is 7.84. The molecule has 2 aliphatic carbocycles. The highest BCUT2D eigenvalue weighted by molar-refractivity contribution is 5.46. The van der Waals surface area contributed by atoms with Crippen molar-refractivity contribution >= 4 is 0 Å². The van der Waals surface area contributed by atoms with Crippen molar-refractivity contribution in [3.8, 4) is 0 Å². The minimum absolute atomic E-state index is 0.708. The first-order chi connectivity index (χ1) is 5.29. The fraction of sp³-hybridized carbons (Fsp3) is 0.364. The molecule has 0 bridgehead atoms. The third-order valence-electron chi connectivity index (χ3n) is 2.65. The summed E-state index contributed by atoms with van der Waals surface area (Å²) in [6.07, 6.45) is 10.2. The van der Waals surface area contributed by atoms with Gasteiger partial charge in [0.2, 0.25) is 0 Å². The molecule has 1 unspecified atom stereocenters. The van der Waals surface area contributed by atoms with Crippen molar-refractivity contribution in [3.63, 3.8) is 0 Å². The molecule has 1 atom stereocenters. The molecule has 0 aliphatic heterocycles. The van der Waals surface area contributed by atoms with Gasteiger partial charge in [0.1, 0.15) is 0 Å². The van der Waals surface area contributed by atoms with Gasteiger partial charge in [0.05, 0.1) is 0 Å². The molecule has 0 spiro atoms. The smallest absolute Gasteiger partial charge is 0.00833 e. The van der Waals surface area contributed by atoms with Crippen molar-refractivity contribution in [1.82, 2.24) is 0 Å². The average Bonchev–Trinajstić information content (AvgIpc) is 2.45. The van der Waals surface area contributed by atoms with E-state index >= 15 is 0 Å². The Kier molecular flexibility index (Phi) is 1.49. The zero-order valence-corrected chi connectivity index (χ0v) is 7.09. The SMILES string of the molecule is CC1=C[CH]C(C)=C2C=CCC12.